The molecule has 1 aromatic carbocycles. The number of nitrogens with one attached hydrogen (secondary N) is 1. The number of pyridine rings is 1. The Hall–Kier alpha value is -2.32. The lowest BCUT2D eigenvalue weighted by Crippen LogP contribution is -2.31. The Morgan fingerprint density at radius 1 is 1.07 bits per heavy atom. The van der Waals surface area contributed by atoms with Crippen molar-refractivity contribution in [2.24, 2.45) is 10.2 Å². The van der Waals surface area contributed by atoms with Crippen molar-refractivity contribution >= 4 is 29.1 Å². The Morgan fingerprint density at radius 2 is 1.86 bits per heavy atom. The molecule has 2 aliphatic heterocycles. The van der Waals surface area contributed by atoms with E-state index in [-0.39, 0.29) is 12.1 Å². The fraction of sp³-hybridized carbons (Fsp3) is 0.381. The summed E-state index contributed by atoms with van der Waals surface area (Å²) >= 11 is 1.87. The average molecular weight is 416 g/mol. The molecule has 1 N–H and O–H groups in total. The lowest BCUT2D eigenvalue weighted by atomic mass is 10.1. The van der Waals surface area contributed by atoms with Crippen molar-refractivity contribution in [3.8, 4) is 0 Å². The first-order valence-corrected chi connectivity index (χ1v) is 10.6. The van der Waals surface area contributed by atoms with Crippen molar-refractivity contribution in [1.29, 1.82) is 0 Å². The SMILES string of the molecule is FC(F)C1=NN=C(c2ccc(CN(SC3CCNCC3)c3ccccc3)nc2)C1. The van der Waals surface area contributed by atoms with Crippen LogP contribution in [0.15, 0.2) is 58.9 Å². The van der Waals surface area contributed by atoms with Gasteiger partial charge in [0.05, 0.1) is 18.0 Å². The van der Waals surface area contributed by atoms with Crippen LogP contribution in [0.2, 0.25) is 0 Å². The topological polar surface area (TPSA) is 52.9 Å². The summed E-state index contributed by atoms with van der Waals surface area (Å²) in [5.41, 5.74) is 3.18. The van der Waals surface area contributed by atoms with Gasteiger partial charge in [0.15, 0.2) is 0 Å². The predicted octanol–water partition coefficient (Wildman–Crippen LogP) is 4.30. The fourth-order valence-corrected chi connectivity index (χ4v) is 4.60. The van der Waals surface area contributed by atoms with Crippen LogP contribution in [0.5, 0.6) is 0 Å². The maximum atomic E-state index is 12.8. The first kappa shape index (κ1) is 20.0. The summed E-state index contributed by atoms with van der Waals surface area (Å²) in [6.07, 6.45) is 1.52. The number of para-hydroxylation sites is 1. The van der Waals surface area contributed by atoms with Gasteiger partial charge in [-0.25, -0.2) is 8.78 Å². The van der Waals surface area contributed by atoms with Gasteiger partial charge in [-0.1, -0.05) is 18.2 Å². The number of benzene rings is 1. The number of rotatable bonds is 7. The van der Waals surface area contributed by atoms with E-state index < -0.39 is 6.43 Å². The summed E-state index contributed by atoms with van der Waals surface area (Å²) in [6.45, 7) is 2.78. The van der Waals surface area contributed by atoms with Crippen LogP contribution >= 0.6 is 11.9 Å². The lowest BCUT2D eigenvalue weighted by molar-refractivity contribution is 0.224. The van der Waals surface area contributed by atoms with Crippen LogP contribution in [0.3, 0.4) is 0 Å². The van der Waals surface area contributed by atoms with Crippen LogP contribution < -0.4 is 9.62 Å². The van der Waals surface area contributed by atoms with Crippen molar-refractivity contribution in [3.63, 3.8) is 0 Å². The van der Waals surface area contributed by atoms with Crippen LogP contribution in [0.1, 0.15) is 30.5 Å². The molecule has 1 aromatic heterocycles. The second-order valence-corrected chi connectivity index (χ2v) is 8.40. The van der Waals surface area contributed by atoms with E-state index >= 15 is 0 Å². The molecule has 0 aliphatic carbocycles. The molecule has 0 unspecified atom stereocenters. The number of nitrogens with zero attached hydrogens (tertiary/aromatic N) is 4. The molecule has 0 atom stereocenters. The number of halogens is 2. The standard InChI is InChI=1S/C21H23F2N5S/c22-21(23)20-12-19(26-27-20)15-6-7-16(25-13-15)14-28(17-4-2-1-3-5-17)29-18-8-10-24-11-9-18/h1-7,13,18,21,24H,8-12,14H2. The van der Waals surface area contributed by atoms with E-state index in [0.29, 0.717) is 17.5 Å². The number of hydrogen-bond donors (Lipinski definition) is 1. The number of piperidine rings is 1. The molecule has 5 nitrogen and oxygen atoms in total. The Balaban J connectivity index is 1.44. The van der Waals surface area contributed by atoms with E-state index in [1.165, 1.54) is 0 Å². The van der Waals surface area contributed by atoms with Crippen LogP contribution in [-0.4, -0.2) is 41.2 Å². The summed E-state index contributed by atoms with van der Waals surface area (Å²) in [4.78, 5) is 4.56. The molecule has 4 rings (SSSR count). The van der Waals surface area contributed by atoms with E-state index in [1.54, 1.807) is 6.20 Å². The van der Waals surface area contributed by atoms with E-state index in [9.17, 15) is 8.78 Å². The van der Waals surface area contributed by atoms with Gasteiger partial charge in [-0.15, -0.1) is 0 Å². The number of aromatic nitrogens is 1. The minimum atomic E-state index is -2.56. The largest absolute Gasteiger partial charge is 0.317 e. The fourth-order valence-electron chi connectivity index (χ4n) is 3.35. The van der Waals surface area contributed by atoms with Crippen molar-refractivity contribution in [2.45, 2.75) is 37.5 Å². The van der Waals surface area contributed by atoms with E-state index in [1.807, 2.05) is 42.3 Å². The molecule has 3 heterocycles. The van der Waals surface area contributed by atoms with Gasteiger partial charge in [0, 0.05) is 29.1 Å². The molecule has 0 bridgehead atoms. The van der Waals surface area contributed by atoms with Gasteiger partial charge in [0.1, 0.15) is 5.71 Å². The third kappa shape index (κ3) is 5.19. The van der Waals surface area contributed by atoms with Crippen molar-refractivity contribution in [1.82, 2.24) is 10.3 Å². The first-order valence-electron chi connectivity index (χ1n) is 9.76. The maximum Gasteiger partial charge on any atom is 0.278 e. The molecule has 0 spiro atoms. The third-order valence-electron chi connectivity index (χ3n) is 4.97. The molecule has 2 aromatic rings. The summed E-state index contributed by atoms with van der Waals surface area (Å²) in [5.74, 6) is 0. The molecule has 0 amide bonds. The Labute approximate surface area is 173 Å². The molecule has 0 saturated carbocycles. The van der Waals surface area contributed by atoms with Crippen LogP contribution in [0.4, 0.5) is 14.5 Å². The minimum Gasteiger partial charge on any atom is -0.317 e. The Bertz CT molecular complexity index is 864. The highest BCUT2D eigenvalue weighted by Gasteiger charge is 2.22. The van der Waals surface area contributed by atoms with Gasteiger partial charge in [-0.2, -0.15) is 10.2 Å². The van der Waals surface area contributed by atoms with Crippen LogP contribution in [0.25, 0.3) is 0 Å². The number of anilines is 1. The van der Waals surface area contributed by atoms with Gasteiger partial charge >= 0.3 is 0 Å². The summed E-state index contributed by atoms with van der Waals surface area (Å²) in [5, 5.41) is 11.5. The van der Waals surface area contributed by atoms with Gasteiger partial charge in [-0.3, -0.25) is 4.98 Å². The molecule has 29 heavy (non-hydrogen) atoms. The smallest absolute Gasteiger partial charge is 0.278 e. The zero-order chi connectivity index (χ0) is 20.1. The second-order valence-electron chi connectivity index (χ2n) is 7.08. The lowest BCUT2D eigenvalue weighted by Gasteiger charge is -2.30. The quantitative estimate of drug-likeness (QED) is 0.685. The molecule has 1 fully saturated rings. The summed E-state index contributed by atoms with van der Waals surface area (Å²) in [6, 6.07) is 14.2. The maximum absolute atomic E-state index is 12.8. The molecule has 2 aliphatic rings. The van der Waals surface area contributed by atoms with Crippen LogP contribution in [-0.2, 0) is 6.54 Å². The van der Waals surface area contributed by atoms with E-state index in [4.69, 9.17) is 0 Å². The second kappa shape index (κ2) is 9.45. The molecule has 152 valence electrons. The average Bonchev–Trinajstić information content (AvgIpc) is 3.26. The molecule has 0 radical (unpaired) electrons. The third-order valence-corrected chi connectivity index (χ3v) is 6.33. The molecular weight excluding hydrogens is 392 g/mol. The van der Waals surface area contributed by atoms with E-state index in [2.05, 4.69) is 36.9 Å². The van der Waals surface area contributed by atoms with Crippen LogP contribution in [0, 0.1) is 0 Å². The summed E-state index contributed by atoms with van der Waals surface area (Å²) < 4.78 is 27.8. The molecule has 1 saturated heterocycles. The van der Waals surface area contributed by atoms with Crippen molar-refractivity contribution in [3.05, 3.63) is 59.9 Å². The highest BCUT2D eigenvalue weighted by molar-refractivity contribution is 8.01. The zero-order valence-corrected chi connectivity index (χ0v) is 16.8. The first-order chi connectivity index (χ1) is 14.2. The predicted molar refractivity (Wildman–Crippen MR) is 115 cm³/mol. The number of hydrogen-bond acceptors (Lipinski definition) is 6. The van der Waals surface area contributed by atoms with E-state index in [0.717, 1.165) is 42.9 Å². The van der Waals surface area contributed by atoms with Crippen molar-refractivity contribution < 1.29 is 8.78 Å². The zero-order valence-electron chi connectivity index (χ0n) is 16.0. The number of alkyl halides is 2. The van der Waals surface area contributed by atoms with Gasteiger partial charge in [0.2, 0.25) is 0 Å². The summed E-state index contributed by atoms with van der Waals surface area (Å²) in [7, 11) is 0. The van der Waals surface area contributed by atoms with Gasteiger partial charge in [-0.05, 0) is 62.1 Å². The van der Waals surface area contributed by atoms with Crippen molar-refractivity contribution in [2.75, 3.05) is 17.4 Å². The Kier molecular flexibility index (Phi) is 6.51. The minimum absolute atomic E-state index is 0.0837. The monoisotopic (exact) mass is 415 g/mol. The molecular formula is C21H23F2N5S. The van der Waals surface area contributed by atoms with Gasteiger partial charge < -0.3 is 9.62 Å². The highest BCUT2D eigenvalue weighted by atomic mass is 32.2. The van der Waals surface area contributed by atoms with Gasteiger partial charge in [0.25, 0.3) is 6.43 Å². The highest BCUT2D eigenvalue weighted by Crippen LogP contribution is 2.31. The Morgan fingerprint density at radius 3 is 2.52 bits per heavy atom. The molecule has 8 heteroatoms. The normalized spacial score (nSPS) is 17.3.